The Hall–Kier alpha value is -0.870. The number of nitriles is 1. The fourth-order valence-electron chi connectivity index (χ4n) is 1.88. The number of anilines is 1. The van der Waals surface area contributed by atoms with Crippen LogP contribution in [-0.2, 0) is 0 Å². The zero-order chi connectivity index (χ0) is 12.8. The topological polar surface area (TPSA) is 64.0 Å². The van der Waals surface area contributed by atoms with Crippen LogP contribution in [0.2, 0.25) is 5.15 Å². The predicted octanol–water partition coefficient (Wildman–Crippen LogP) is 1.38. The molecule has 1 saturated heterocycles. The van der Waals surface area contributed by atoms with E-state index in [0.29, 0.717) is 10.0 Å². The lowest BCUT2D eigenvalue weighted by molar-refractivity contribution is 0.240. The van der Waals surface area contributed by atoms with E-state index in [4.69, 9.17) is 16.9 Å². The molecule has 18 heavy (non-hydrogen) atoms. The lowest BCUT2D eigenvalue weighted by atomic mass is 10.3. The first-order chi connectivity index (χ1) is 8.79. The standard InChI is InChI=1S/C11H16ClN5S/c12-10-9(8-13)18-11(16-10)15-2-1-5-17-6-3-14-4-7-17/h14H,1-7H2,(H,15,16). The van der Waals surface area contributed by atoms with E-state index in [-0.39, 0.29) is 0 Å². The van der Waals surface area contributed by atoms with E-state index in [9.17, 15) is 0 Å². The van der Waals surface area contributed by atoms with Gasteiger partial charge in [0.1, 0.15) is 10.9 Å². The molecule has 0 aliphatic carbocycles. The Balaban J connectivity index is 1.67. The van der Waals surface area contributed by atoms with Gasteiger partial charge in [0, 0.05) is 32.7 Å². The third kappa shape index (κ3) is 3.82. The summed E-state index contributed by atoms with van der Waals surface area (Å²) in [5.74, 6) is 0. The van der Waals surface area contributed by atoms with Crippen LogP contribution in [0.5, 0.6) is 0 Å². The molecular weight excluding hydrogens is 270 g/mol. The summed E-state index contributed by atoms with van der Waals surface area (Å²) in [5.41, 5.74) is 0. The minimum absolute atomic E-state index is 0.298. The van der Waals surface area contributed by atoms with Crippen molar-refractivity contribution in [3.05, 3.63) is 10.0 Å². The van der Waals surface area contributed by atoms with Crippen LogP contribution >= 0.6 is 22.9 Å². The highest BCUT2D eigenvalue weighted by molar-refractivity contribution is 7.16. The highest BCUT2D eigenvalue weighted by atomic mass is 35.5. The number of rotatable bonds is 5. The molecular formula is C11H16ClN5S. The van der Waals surface area contributed by atoms with E-state index in [2.05, 4.69) is 20.5 Å². The van der Waals surface area contributed by atoms with E-state index >= 15 is 0 Å². The quantitative estimate of drug-likeness (QED) is 0.800. The Morgan fingerprint density at radius 2 is 2.28 bits per heavy atom. The van der Waals surface area contributed by atoms with E-state index in [1.807, 2.05) is 6.07 Å². The molecule has 0 spiro atoms. The number of hydrogen-bond acceptors (Lipinski definition) is 6. The smallest absolute Gasteiger partial charge is 0.185 e. The van der Waals surface area contributed by atoms with Crippen molar-refractivity contribution in [2.24, 2.45) is 0 Å². The van der Waals surface area contributed by atoms with E-state index in [1.165, 1.54) is 11.3 Å². The zero-order valence-corrected chi connectivity index (χ0v) is 11.7. The Morgan fingerprint density at radius 1 is 1.50 bits per heavy atom. The molecule has 0 bridgehead atoms. The van der Waals surface area contributed by atoms with E-state index in [1.54, 1.807) is 0 Å². The van der Waals surface area contributed by atoms with Gasteiger partial charge in [-0.25, -0.2) is 4.98 Å². The fourth-order valence-corrected chi connectivity index (χ4v) is 2.85. The summed E-state index contributed by atoms with van der Waals surface area (Å²) in [6, 6.07) is 2.03. The van der Waals surface area contributed by atoms with Gasteiger partial charge in [0.25, 0.3) is 0 Å². The number of nitrogens with zero attached hydrogens (tertiary/aromatic N) is 3. The average molecular weight is 286 g/mol. The van der Waals surface area contributed by atoms with Crippen molar-refractivity contribution in [1.82, 2.24) is 15.2 Å². The highest BCUT2D eigenvalue weighted by Gasteiger charge is 2.10. The van der Waals surface area contributed by atoms with Gasteiger partial charge >= 0.3 is 0 Å². The predicted molar refractivity (Wildman–Crippen MR) is 74.3 cm³/mol. The second-order valence-corrected chi connectivity index (χ2v) is 5.48. The summed E-state index contributed by atoms with van der Waals surface area (Å²) in [5, 5.41) is 16.3. The van der Waals surface area contributed by atoms with E-state index in [0.717, 1.165) is 50.8 Å². The van der Waals surface area contributed by atoms with Gasteiger partial charge in [-0.15, -0.1) is 0 Å². The lowest BCUT2D eigenvalue weighted by Gasteiger charge is -2.26. The normalized spacial score (nSPS) is 16.4. The van der Waals surface area contributed by atoms with E-state index < -0.39 is 0 Å². The molecule has 0 radical (unpaired) electrons. The summed E-state index contributed by atoms with van der Waals surface area (Å²) in [7, 11) is 0. The molecule has 2 heterocycles. The largest absolute Gasteiger partial charge is 0.361 e. The molecule has 1 aromatic heterocycles. The summed E-state index contributed by atoms with van der Waals surface area (Å²) >= 11 is 7.11. The molecule has 0 unspecified atom stereocenters. The lowest BCUT2D eigenvalue weighted by Crippen LogP contribution is -2.44. The van der Waals surface area contributed by atoms with Crippen LogP contribution in [-0.4, -0.2) is 49.2 Å². The van der Waals surface area contributed by atoms with Crippen molar-refractivity contribution in [3.63, 3.8) is 0 Å². The maximum absolute atomic E-state index is 8.77. The molecule has 0 amide bonds. The third-order valence-electron chi connectivity index (χ3n) is 2.82. The number of hydrogen-bond donors (Lipinski definition) is 2. The highest BCUT2D eigenvalue weighted by Crippen LogP contribution is 2.25. The van der Waals surface area contributed by atoms with Crippen molar-refractivity contribution < 1.29 is 0 Å². The van der Waals surface area contributed by atoms with Crippen LogP contribution in [0.25, 0.3) is 0 Å². The molecule has 2 N–H and O–H groups in total. The van der Waals surface area contributed by atoms with Crippen LogP contribution in [0, 0.1) is 11.3 Å². The number of thiazole rings is 1. The Labute approximate surface area is 116 Å². The van der Waals surface area contributed by atoms with Gasteiger partial charge < -0.3 is 15.5 Å². The average Bonchev–Trinajstić information content (AvgIpc) is 2.76. The van der Waals surface area contributed by atoms with Gasteiger partial charge in [0.15, 0.2) is 10.3 Å². The molecule has 1 aliphatic heterocycles. The SMILES string of the molecule is N#Cc1sc(NCCCN2CCNCC2)nc1Cl. The van der Waals surface area contributed by atoms with Crippen LogP contribution < -0.4 is 10.6 Å². The van der Waals surface area contributed by atoms with Gasteiger partial charge in [-0.05, 0) is 13.0 Å². The van der Waals surface area contributed by atoms with Gasteiger partial charge in [-0.3, -0.25) is 0 Å². The number of nitrogens with one attached hydrogen (secondary N) is 2. The summed E-state index contributed by atoms with van der Waals surface area (Å²) in [4.78, 5) is 7.02. The first kappa shape index (κ1) is 13.6. The number of piperazine rings is 1. The van der Waals surface area contributed by atoms with Crippen molar-refractivity contribution in [3.8, 4) is 6.07 Å². The van der Waals surface area contributed by atoms with Gasteiger partial charge in [-0.1, -0.05) is 22.9 Å². The monoisotopic (exact) mass is 285 g/mol. The Kier molecular flexibility index (Phi) is 5.20. The number of aromatic nitrogens is 1. The Morgan fingerprint density at radius 3 is 2.94 bits per heavy atom. The molecule has 5 nitrogen and oxygen atoms in total. The van der Waals surface area contributed by atoms with Crippen LogP contribution in [0.3, 0.4) is 0 Å². The first-order valence-electron chi connectivity index (χ1n) is 6.03. The summed E-state index contributed by atoms with van der Waals surface area (Å²) in [6.07, 6.45) is 1.07. The molecule has 0 saturated carbocycles. The molecule has 1 aromatic rings. The number of halogens is 1. The minimum Gasteiger partial charge on any atom is -0.361 e. The van der Waals surface area contributed by atoms with Crippen LogP contribution in [0.4, 0.5) is 5.13 Å². The molecule has 0 atom stereocenters. The molecule has 2 rings (SSSR count). The van der Waals surface area contributed by atoms with Gasteiger partial charge in [0.05, 0.1) is 0 Å². The van der Waals surface area contributed by atoms with Gasteiger partial charge in [0.2, 0.25) is 0 Å². The maximum atomic E-state index is 8.77. The zero-order valence-electron chi connectivity index (χ0n) is 10.1. The third-order valence-corrected chi connectivity index (χ3v) is 4.13. The summed E-state index contributed by atoms with van der Waals surface area (Å²) < 4.78 is 0. The molecule has 0 aromatic carbocycles. The fraction of sp³-hybridized carbons (Fsp3) is 0.636. The van der Waals surface area contributed by atoms with Crippen molar-refractivity contribution in [1.29, 1.82) is 5.26 Å². The molecule has 1 aliphatic rings. The Bertz CT molecular complexity index is 422. The minimum atomic E-state index is 0.298. The van der Waals surface area contributed by atoms with Crippen molar-refractivity contribution >= 4 is 28.1 Å². The van der Waals surface area contributed by atoms with Crippen LogP contribution in [0.1, 0.15) is 11.3 Å². The molecule has 7 heteroatoms. The second kappa shape index (κ2) is 6.90. The van der Waals surface area contributed by atoms with Gasteiger partial charge in [-0.2, -0.15) is 5.26 Å². The maximum Gasteiger partial charge on any atom is 0.185 e. The van der Waals surface area contributed by atoms with Crippen LogP contribution in [0.15, 0.2) is 0 Å². The first-order valence-corrected chi connectivity index (χ1v) is 7.22. The molecule has 1 fully saturated rings. The van der Waals surface area contributed by atoms with Crippen molar-refractivity contribution in [2.75, 3.05) is 44.6 Å². The molecule has 98 valence electrons. The second-order valence-electron chi connectivity index (χ2n) is 4.12. The summed E-state index contributed by atoms with van der Waals surface area (Å²) in [6.45, 7) is 6.38. The van der Waals surface area contributed by atoms with Crippen molar-refractivity contribution in [2.45, 2.75) is 6.42 Å².